The predicted octanol–water partition coefficient (Wildman–Crippen LogP) is 2.24. The molecular formula is C16H25NO3. The summed E-state index contributed by atoms with van der Waals surface area (Å²) in [5, 5.41) is 3.27. The summed E-state index contributed by atoms with van der Waals surface area (Å²) >= 11 is 0. The van der Waals surface area contributed by atoms with Crippen LogP contribution in [0.5, 0.6) is 0 Å². The summed E-state index contributed by atoms with van der Waals surface area (Å²) in [5.41, 5.74) is 1.01. The van der Waals surface area contributed by atoms with E-state index < -0.39 is 0 Å². The molecule has 0 aliphatic carbocycles. The summed E-state index contributed by atoms with van der Waals surface area (Å²) in [4.78, 5) is 11.8. The van der Waals surface area contributed by atoms with E-state index in [-0.39, 0.29) is 11.9 Å². The highest BCUT2D eigenvalue weighted by Crippen LogP contribution is 2.04. The number of hydrogen-bond acceptors (Lipinski definition) is 4. The van der Waals surface area contributed by atoms with Crippen LogP contribution in [0.4, 0.5) is 0 Å². The van der Waals surface area contributed by atoms with Crippen molar-refractivity contribution in [2.75, 3.05) is 26.8 Å². The van der Waals surface area contributed by atoms with Crippen LogP contribution in [0.3, 0.4) is 0 Å². The van der Waals surface area contributed by atoms with Crippen LogP contribution in [0.2, 0.25) is 0 Å². The SMILES string of the molecule is COCC(C)CNCC(C)C(=O)OCc1ccccc1. The molecule has 1 N–H and O–H groups in total. The Morgan fingerprint density at radius 3 is 2.55 bits per heavy atom. The summed E-state index contributed by atoms with van der Waals surface area (Å²) in [6.45, 7) is 6.51. The third-order valence-corrected chi connectivity index (χ3v) is 3.02. The van der Waals surface area contributed by atoms with Crippen molar-refractivity contribution in [1.29, 1.82) is 0 Å². The average molecular weight is 279 g/mol. The minimum Gasteiger partial charge on any atom is -0.461 e. The van der Waals surface area contributed by atoms with Gasteiger partial charge in [0.1, 0.15) is 6.61 Å². The van der Waals surface area contributed by atoms with Gasteiger partial charge < -0.3 is 14.8 Å². The van der Waals surface area contributed by atoms with Crippen LogP contribution in [0.1, 0.15) is 19.4 Å². The highest BCUT2D eigenvalue weighted by Gasteiger charge is 2.14. The lowest BCUT2D eigenvalue weighted by molar-refractivity contribution is -0.149. The number of rotatable bonds is 9. The van der Waals surface area contributed by atoms with Gasteiger partial charge in [0, 0.05) is 20.3 Å². The van der Waals surface area contributed by atoms with Crippen molar-refractivity contribution >= 4 is 5.97 Å². The second kappa shape index (κ2) is 9.50. The van der Waals surface area contributed by atoms with E-state index in [1.54, 1.807) is 7.11 Å². The molecule has 0 saturated carbocycles. The molecule has 0 fully saturated rings. The molecule has 20 heavy (non-hydrogen) atoms. The zero-order valence-electron chi connectivity index (χ0n) is 12.6. The van der Waals surface area contributed by atoms with Crippen LogP contribution in [-0.4, -0.2) is 32.8 Å². The molecule has 1 aromatic rings. The van der Waals surface area contributed by atoms with Gasteiger partial charge in [-0.05, 0) is 18.0 Å². The predicted molar refractivity (Wildman–Crippen MR) is 79.3 cm³/mol. The third-order valence-electron chi connectivity index (χ3n) is 3.02. The van der Waals surface area contributed by atoms with Gasteiger partial charge in [0.15, 0.2) is 0 Å². The molecule has 0 spiro atoms. The highest BCUT2D eigenvalue weighted by molar-refractivity contribution is 5.72. The van der Waals surface area contributed by atoms with Crippen LogP contribution < -0.4 is 5.32 Å². The normalized spacial score (nSPS) is 13.8. The first kappa shape index (κ1) is 16.7. The Hall–Kier alpha value is -1.39. The molecule has 0 heterocycles. The summed E-state index contributed by atoms with van der Waals surface area (Å²) in [7, 11) is 1.69. The third kappa shape index (κ3) is 6.68. The molecule has 0 radical (unpaired) electrons. The van der Waals surface area contributed by atoms with Gasteiger partial charge in [-0.1, -0.05) is 44.2 Å². The van der Waals surface area contributed by atoms with Gasteiger partial charge in [0.25, 0.3) is 0 Å². The monoisotopic (exact) mass is 279 g/mol. The lowest BCUT2D eigenvalue weighted by Gasteiger charge is -2.15. The number of esters is 1. The van der Waals surface area contributed by atoms with Crippen molar-refractivity contribution in [2.24, 2.45) is 11.8 Å². The molecule has 0 saturated heterocycles. The number of methoxy groups -OCH3 is 1. The van der Waals surface area contributed by atoms with E-state index in [1.807, 2.05) is 37.3 Å². The van der Waals surface area contributed by atoms with Gasteiger partial charge in [0.2, 0.25) is 0 Å². The van der Waals surface area contributed by atoms with Crippen molar-refractivity contribution in [3.8, 4) is 0 Å². The maximum atomic E-state index is 11.8. The van der Waals surface area contributed by atoms with Crippen LogP contribution >= 0.6 is 0 Å². The molecule has 2 unspecified atom stereocenters. The Morgan fingerprint density at radius 2 is 1.90 bits per heavy atom. The molecule has 4 nitrogen and oxygen atoms in total. The molecule has 1 rings (SSSR count). The van der Waals surface area contributed by atoms with Crippen molar-refractivity contribution in [3.05, 3.63) is 35.9 Å². The van der Waals surface area contributed by atoms with E-state index in [0.717, 1.165) is 18.7 Å². The van der Waals surface area contributed by atoms with Crippen LogP contribution in [0.25, 0.3) is 0 Å². The second-order valence-corrected chi connectivity index (χ2v) is 5.21. The number of hydrogen-bond donors (Lipinski definition) is 1. The van der Waals surface area contributed by atoms with Crippen molar-refractivity contribution in [2.45, 2.75) is 20.5 Å². The summed E-state index contributed by atoms with van der Waals surface area (Å²) in [5.74, 6) is 0.127. The summed E-state index contributed by atoms with van der Waals surface area (Å²) in [6.07, 6.45) is 0. The fourth-order valence-corrected chi connectivity index (χ4v) is 1.84. The largest absolute Gasteiger partial charge is 0.461 e. The smallest absolute Gasteiger partial charge is 0.310 e. The second-order valence-electron chi connectivity index (χ2n) is 5.21. The van der Waals surface area contributed by atoms with E-state index >= 15 is 0 Å². The van der Waals surface area contributed by atoms with Gasteiger partial charge in [-0.15, -0.1) is 0 Å². The standard InChI is InChI=1S/C16H25NO3/c1-13(11-19-3)9-17-10-14(2)16(18)20-12-15-7-5-4-6-8-15/h4-8,13-14,17H,9-12H2,1-3H3. The number of benzene rings is 1. The fourth-order valence-electron chi connectivity index (χ4n) is 1.84. The van der Waals surface area contributed by atoms with E-state index in [4.69, 9.17) is 9.47 Å². The molecule has 0 bridgehead atoms. The van der Waals surface area contributed by atoms with Crippen LogP contribution in [-0.2, 0) is 20.9 Å². The average Bonchev–Trinajstić information content (AvgIpc) is 2.46. The van der Waals surface area contributed by atoms with Gasteiger partial charge in [-0.3, -0.25) is 4.79 Å². The number of carbonyl (C=O) groups excluding carboxylic acids is 1. The molecule has 1 aromatic carbocycles. The Morgan fingerprint density at radius 1 is 1.20 bits per heavy atom. The van der Waals surface area contributed by atoms with E-state index in [1.165, 1.54) is 0 Å². The Bertz CT molecular complexity index is 381. The molecule has 0 aromatic heterocycles. The number of nitrogens with one attached hydrogen (secondary N) is 1. The van der Waals surface area contributed by atoms with Crippen LogP contribution in [0.15, 0.2) is 30.3 Å². The summed E-state index contributed by atoms with van der Waals surface area (Å²) < 4.78 is 10.4. The van der Waals surface area contributed by atoms with Crippen molar-refractivity contribution < 1.29 is 14.3 Å². The minimum absolute atomic E-state index is 0.145. The maximum Gasteiger partial charge on any atom is 0.310 e. The molecule has 0 amide bonds. The van der Waals surface area contributed by atoms with E-state index in [9.17, 15) is 4.79 Å². The Kier molecular flexibility index (Phi) is 7.92. The number of carbonyl (C=O) groups is 1. The fraction of sp³-hybridized carbons (Fsp3) is 0.562. The Balaban J connectivity index is 2.19. The van der Waals surface area contributed by atoms with E-state index in [0.29, 0.717) is 19.1 Å². The first-order valence-corrected chi connectivity index (χ1v) is 7.03. The van der Waals surface area contributed by atoms with Gasteiger partial charge >= 0.3 is 5.97 Å². The minimum atomic E-state index is -0.166. The van der Waals surface area contributed by atoms with Gasteiger partial charge in [-0.25, -0.2) is 0 Å². The molecule has 0 aliphatic heterocycles. The first-order chi connectivity index (χ1) is 9.63. The molecule has 2 atom stereocenters. The van der Waals surface area contributed by atoms with Crippen molar-refractivity contribution in [3.63, 3.8) is 0 Å². The molecule has 112 valence electrons. The lowest BCUT2D eigenvalue weighted by Crippen LogP contribution is -2.31. The van der Waals surface area contributed by atoms with Crippen molar-refractivity contribution in [1.82, 2.24) is 5.32 Å². The summed E-state index contributed by atoms with van der Waals surface area (Å²) in [6, 6.07) is 9.71. The topological polar surface area (TPSA) is 47.6 Å². The molecule has 4 heteroatoms. The zero-order valence-corrected chi connectivity index (χ0v) is 12.6. The quantitative estimate of drug-likeness (QED) is 0.704. The van der Waals surface area contributed by atoms with E-state index in [2.05, 4.69) is 12.2 Å². The molecular weight excluding hydrogens is 254 g/mol. The lowest BCUT2D eigenvalue weighted by atomic mass is 10.1. The maximum absolute atomic E-state index is 11.8. The van der Waals surface area contributed by atoms with Crippen LogP contribution in [0, 0.1) is 11.8 Å². The highest BCUT2D eigenvalue weighted by atomic mass is 16.5. The molecule has 0 aliphatic rings. The first-order valence-electron chi connectivity index (χ1n) is 7.03. The Labute approximate surface area is 121 Å². The van der Waals surface area contributed by atoms with Gasteiger partial charge in [-0.2, -0.15) is 0 Å². The zero-order chi connectivity index (χ0) is 14.8. The van der Waals surface area contributed by atoms with Gasteiger partial charge in [0.05, 0.1) is 5.92 Å². The number of ether oxygens (including phenoxy) is 2.